The molecule has 0 radical (unpaired) electrons. The standard InChI is InChI=1S/C23H27N3O4.C19H19N3O4.C18H22BrN3O3.C16H16BrN3O2.C12H17NO3.C4H9NO2.ClH/c1-23(2,3)30-21(28)10-7-17-11-18-14-26(15-20(27)25-22(18)24-12-17)13-16-5-8-19(29-4)9-6-16;1-26-16-5-2-13(3-6-16)10-22-11-15-8-14(4-7-18(24)25)9-20-19(15)21-17(23)12-22;1-3-25-17(23)12-22(10-13-4-6-16(24-2)7-5-13)11-14-8-15(19)9-21-18(14)20;1-22-14-4-2-11(3-5-14)8-20-9-12-6-13(17)7-18-16(12)19-15(21)10-20;1-3-16-12(14)9-13-8-10-4-6-11(15-2)7-5-10;1-2-7-4(6)3-5;/h5-12H,13-15H2,1-4H3,(H,24,25,27);2-9H,10-12H2,1H3,(H,24,25)(H,20,21,23);4-9H,3,10-12H2,1-2H3,(H2,20,21);2-7H,8-10H2,1H3,(H,18,19,21);4-7,13H,3,8-9H2,1-2H3;2-3,5H2,1H3;1H/b10-7+;7-4+;;;;;. The molecule has 127 heavy (non-hydrogen) atoms. The molecular weight excluding hydrogens is 1780 g/mol. The molecule has 3 amide bonds. The van der Waals surface area contributed by atoms with Crippen LogP contribution in [0.25, 0.3) is 12.2 Å². The molecule has 4 aromatic heterocycles. The molecule has 0 saturated carbocycles. The van der Waals surface area contributed by atoms with Gasteiger partial charge in [-0.05, 0) is 209 Å². The van der Waals surface area contributed by atoms with Gasteiger partial charge < -0.3 is 80.5 Å². The molecule has 0 atom stereocenters. The van der Waals surface area contributed by atoms with Crippen molar-refractivity contribution in [2.45, 2.75) is 106 Å². The van der Waals surface area contributed by atoms with E-state index in [-0.39, 0.29) is 80.8 Å². The van der Waals surface area contributed by atoms with Crippen LogP contribution in [0.2, 0.25) is 0 Å². The van der Waals surface area contributed by atoms with Gasteiger partial charge in [0.25, 0.3) is 0 Å². The molecule has 678 valence electrons. The van der Waals surface area contributed by atoms with Gasteiger partial charge in [0.2, 0.25) is 17.7 Å². The number of anilines is 4. The summed E-state index contributed by atoms with van der Waals surface area (Å²) in [5.74, 6) is 3.65. The molecule has 5 aromatic carbocycles. The first-order valence-corrected chi connectivity index (χ1v) is 41.7. The van der Waals surface area contributed by atoms with E-state index in [0.29, 0.717) is 114 Å². The Bertz CT molecular complexity index is 5090. The fourth-order valence-corrected chi connectivity index (χ4v) is 13.1. The number of fused-ring (bicyclic) bond motifs is 3. The number of amides is 3. The molecule has 9 aromatic rings. The molecule has 0 fully saturated rings. The van der Waals surface area contributed by atoms with E-state index in [0.717, 1.165) is 99.4 Å². The molecule has 9 N–H and O–H groups in total. The average molecular weight is 1900 g/mol. The van der Waals surface area contributed by atoms with Crippen molar-refractivity contribution in [1.82, 2.24) is 44.9 Å². The van der Waals surface area contributed by atoms with Gasteiger partial charge in [-0.2, -0.15) is 0 Å². The zero-order chi connectivity index (χ0) is 91.5. The largest absolute Gasteiger partial charge is 0.497 e. The van der Waals surface area contributed by atoms with Crippen molar-refractivity contribution >= 4 is 127 Å². The topological polar surface area (TPSA) is 405 Å². The number of nitrogens with two attached hydrogens (primary N) is 2. The Labute approximate surface area is 763 Å². The van der Waals surface area contributed by atoms with Gasteiger partial charge >= 0.3 is 29.8 Å². The number of hydrogen-bond donors (Lipinski definition) is 7. The monoisotopic (exact) mass is 1890 g/mol. The summed E-state index contributed by atoms with van der Waals surface area (Å²) >= 11 is 6.83. The zero-order valence-corrected chi connectivity index (χ0v) is 77.0. The van der Waals surface area contributed by atoms with Crippen molar-refractivity contribution in [1.29, 1.82) is 0 Å². The lowest BCUT2D eigenvalue weighted by Gasteiger charge is -2.22. The van der Waals surface area contributed by atoms with Crippen LogP contribution in [0.1, 0.15) is 103 Å². The van der Waals surface area contributed by atoms with Crippen molar-refractivity contribution < 1.29 is 86.1 Å². The number of methoxy groups -OCH3 is 5. The summed E-state index contributed by atoms with van der Waals surface area (Å²) in [4.78, 5) is 117. The fourth-order valence-electron chi connectivity index (χ4n) is 12.3. The van der Waals surface area contributed by atoms with E-state index in [1.807, 2.05) is 181 Å². The van der Waals surface area contributed by atoms with Crippen LogP contribution in [-0.2, 0) is 116 Å². The molecule has 7 heterocycles. The number of rotatable bonds is 29. The number of nitrogen functional groups attached to an aromatic ring is 1. The number of nitrogens with zero attached hydrogens (tertiary/aromatic N) is 8. The number of nitrogens with one attached hydrogen (secondary N) is 4. The number of halogens is 3. The Hall–Kier alpha value is -12.3. The minimum Gasteiger partial charge on any atom is -0.497 e. The van der Waals surface area contributed by atoms with Crippen molar-refractivity contribution in [2.75, 3.05) is 116 Å². The van der Waals surface area contributed by atoms with Crippen molar-refractivity contribution in [2.24, 2.45) is 5.73 Å². The van der Waals surface area contributed by atoms with E-state index in [4.69, 9.17) is 54.5 Å². The maximum absolute atomic E-state index is 12.3. The number of aliphatic carboxylic acids is 1. The second-order valence-corrected chi connectivity index (χ2v) is 31.0. The molecule has 3 aliphatic heterocycles. The van der Waals surface area contributed by atoms with Crippen LogP contribution in [-0.4, -0.2) is 192 Å². The number of pyridine rings is 4. The Morgan fingerprint density at radius 1 is 0.488 bits per heavy atom. The van der Waals surface area contributed by atoms with Crippen LogP contribution in [0.3, 0.4) is 0 Å². The molecule has 0 unspecified atom stereocenters. The molecule has 0 aliphatic carbocycles. The van der Waals surface area contributed by atoms with Crippen LogP contribution >= 0.6 is 44.3 Å². The molecule has 32 nitrogen and oxygen atoms in total. The second-order valence-electron chi connectivity index (χ2n) is 29.1. The van der Waals surface area contributed by atoms with Gasteiger partial charge in [0.1, 0.15) is 57.6 Å². The molecule has 12 rings (SSSR count). The average Bonchev–Trinajstić information content (AvgIpc) is 1.73. The summed E-state index contributed by atoms with van der Waals surface area (Å²) in [5, 5.41) is 20.3. The molecule has 0 spiro atoms. The van der Waals surface area contributed by atoms with Crippen molar-refractivity contribution in [3.05, 3.63) is 253 Å². The van der Waals surface area contributed by atoms with E-state index in [1.165, 1.54) is 18.3 Å². The predicted octanol–water partition coefficient (Wildman–Crippen LogP) is 12.6. The van der Waals surface area contributed by atoms with Gasteiger partial charge in [-0.3, -0.25) is 48.4 Å². The lowest BCUT2D eigenvalue weighted by Crippen LogP contribution is -2.30. The normalized spacial score (nSPS) is 12.9. The maximum atomic E-state index is 12.3. The highest BCUT2D eigenvalue weighted by atomic mass is 79.9. The van der Waals surface area contributed by atoms with Gasteiger partial charge in [0.15, 0.2) is 0 Å². The third-order valence-electron chi connectivity index (χ3n) is 18.0. The summed E-state index contributed by atoms with van der Waals surface area (Å²) in [5.41, 5.74) is 20.8. The van der Waals surface area contributed by atoms with Gasteiger partial charge in [0.05, 0.1) is 94.6 Å². The molecule has 0 saturated heterocycles. The van der Waals surface area contributed by atoms with Crippen LogP contribution in [0.4, 0.5) is 23.3 Å². The number of carboxylic acids is 1. The fraction of sp³-hybridized carbons (Fsp3) is 0.326. The first-order chi connectivity index (χ1) is 60.5. The van der Waals surface area contributed by atoms with Crippen LogP contribution in [0, 0.1) is 0 Å². The third-order valence-corrected chi connectivity index (χ3v) is 18.9. The van der Waals surface area contributed by atoms with Crippen LogP contribution < -0.4 is 56.4 Å². The Morgan fingerprint density at radius 3 is 1.24 bits per heavy atom. The smallest absolute Gasteiger partial charge is 0.331 e. The highest BCUT2D eigenvalue weighted by Crippen LogP contribution is 2.28. The predicted molar refractivity (Wildman–Crippen MR) is 494 cm³/mol. The Balaban J connectivity index is 0.000000242. The van der Waals surface area contributed by atoms with Gasteiger partial charge in [-0.1, -0.05) is 60.7 Å². The highest BCUT2D eigenvalue weighted by Gasteiger charge is 2.25. The molecule has 35 heteroatoms. The Kier molecular flexibility index (Phi) is 44.5. The minimum atomic E-state index is -1.02. The lowest BCUT2D eigenvalue weighted by atomic mass is 10.1. The van der Waals surface area contributed by atoms with Gasteiger partial charge in [0, 0.05) is 127 Å². The number of ether oxygens (including phenoxy) is 9. The summed E-state index contributed by atoms with van der Waals surface area (Å²) in [6, 6.07) is 46.5. The number of benzene rings is 5. The molecular formula is C92H111Br2ClN14O18. The van der Waals surface area contributed by atoms with Crippen LogP contribution in [0.15, 0.2) is 191 Å². The highest BCUT2D eigenvalue weighted by molar-refractivity contribution is 9.10. The number of aromatic nitrogens is 4. The Morgan fingerprint density at radius 2 is 0.850 bits per heavy atom. The zero-order valence-electron chi connectivity index (χ0n) is 73.0. The van der Waals surface area contributed by atoms with E-state index >= 15 is 0 Å². The number of carbonyl (C=O) groups excluding carboxylic acids is 7. The first-order valence-electron chi connectivity index (χ1n) is 40.1. The van der Waals surface area contributed by atoms with Crippen molar-refractivity contribution in [3.63, 3.8) is 0 Å². The summed E-state index contributed by atoms with van der Waals surface area (Å²) in [6.07, 6.45) is 12.1. The maximum Gasteiger partial charge on any atom is 0.331 e. The number of hydrogen-bond acceptors (Lipinski definition) is 28. The summed E-state index contributed by atoms with van der Waals surface area (Å²) in [7, 11) is 8.16. The minimum absolute atomic E-state index is 0. The SMILES string of the molecule is CCOC(=O)CN.CCOC(=O)CN(Cc1ccc(OC)cc1)Cc1cc(Br)cnc1N.CCOC(=O)CNCc1ccc(OC)cc1.COc1ccc(CN2CC(=O)Nc3ncc(/C=C/C(=O)O)cc3C2)cc1.COc1ccc(CN2CC(=O)Nc3ncc(/C=C/C(=O)OC(C)(C)C)cc3C2)cc1.COc1ccc(CN2CC(=O)Nc3ncc(Br)cc3C2)cc1.Cl. The van der Waals surface area contributed by atoms with E-state index in [9.17, 15) is 38.4 Å². The quantitative estimate of drug-likeness (QED) is 0.0130. The van der Waals surface area contributed by atoms with E-state index in [1.54, 1.807) is 81.0 Å². The number of esters is 4. The van der Waals surface area contributed by atoms with E-state index < -0.39 is 17.5 Å². The van der Waals surface area contributed by atoms with Crippen LogP contribution in [0.5, 0.6) is 28.7 Å². The molecule has 0 bridgehead atoms. The first kappa shape index (κ1) is 104. The second kappa shape index (κ2) is 54.6. The molecule has 3 aliphatic rings. The third kappa shape index (κ3) is 38.6. The summed E-state index contributed by atoms with van der Waals surface area (Å²) in [6.45, 7) is 18.6. The lowest BCUT2D eigenvalue weighted by molar-refractivity contribution is -0.148. The number of carbonyl (C=O) groups is 8. The van der Waals surface area contributed by atoms with Gasteiger partial charge in [-0.25, -0.2) is 29.5 Å². The number of carboxylic acid groups (broad SMARTS) is 1. The van der Waals surface area contributed by atoms with E-state index in [2.05, 4.69) is 82.7 Å². The summed E-state index contributed by atoms with van der Waals surface area (Å²) < 4.78 is 47.1. The van der Waals surface area contributed by atoms with Crippen molar-refractivity contribution in [3.8, 4) is 28.7 Å². The van der Waals surface area contributed by atoms with Gasteiger partial charge in [-0.15, -0.1) is 12.4 Å².